The van der Waals surface area contributed by atoms with Crippen LogP contribution in [0.25, 0.3) is 10.9 Å². The second kappa shape index (κ2) is 3.60. The molecule has 1 atom stereocenters. The van der Waals surface area contributed by atoms with Crippen LogP contribution in [0.1, 0.15) is 17.7 Å². The fourth-order valence-electron chi connectivity index (χ4n) is 2.78. The topological polar surface area (TPSA) is 30.9 Å². The van der Waals surface area contributed by atoms with E-state index >= 15 is 0 Å². The van der Waals surface area contributed by atoms with Gasteiger partial charge >= 0.3 is 0 Å². The van der Waals surface area contributed by atoms with Crippen LogP contribution in [0.15, 0.2) is 22.7 Å². The molecule has 0 aliphatic heterocycles. The summed E-state index contributed by atoms with van der Waals surface area (Å²) in [5.74, 6) is 0. The number of hydrogen-bond donors (Lipinski definition) is 1. The van der Waals surface area contributed by atoms with Crippen molar-refractivity contribution in [2.75, 3.05) is 0 Å². The van der Waals surface area contributed by atoms with E-state index in [0.717, 1.165) is 23.7 Å². The normalized spacial score (nSPS) is 20.1. The summed E-state index contributed by atoms with van der Waals surface area (Å²) in [6.07, 6.45) is 3.24. The lowest BCUT2D eigenvalue weighted by Gasteiger charge is -2.19. The zero-order chi connectivity index (χ0) is 11.3. The van der Waals surface area contributed by atoms with Crippen molar-refractivity contribution in [3.05, 3.63) is 33.9 Å². The quantitative estimate of drug-likeness (QED) is 0.790. The summed E-state index contributed by atoms with van der Waals surface area (Å²) in [4.78, 5) is 0. The molecule has 16 heavy (non-hydrogen) atoms. The second-order valence-electron chi connectivity index (χ2n) is 4.65. The van der Waals surface area contributed by atoms with Gasteiger partial charge in [0.25, 0.3) is 0 Å². The largest absolute Gasteiger partial charge is 0.347 e. The smallest absolute Gasteiger partial charge is 0.0483 e. The van der Waals surface area contributed by atoms with Gasteiger partial charge in [0.2, 0.25) is 0 Å². The number of nitrogens with zero attached hydrogens (tertiary/aromatic N) is 1. The standard InChI is InChI=1S/C13H15BrN2/c1-16-12-4-2-8(14)6-10(12)11-7-9(15)3-5-13(11)16/h2,4,6,9H,3,5,7,15H2,1H3. The van der Waals surface area contributed by atoms with Crippen molar-refractivity contribution in [2.24, 2.45) is 12.8 Å². The summed E-state index contributed by atoms with van der Waals surface area (Å²) < 4.78 is 3.47. The molecule has 0 bridgehead atoms. The van der Waals surface area contributed by atoms with Crippen LogP contribution in [0.4, 0.5) is 0 Å². The molecular weight excluding hydrogens is 264 g/mol. The van der Waals surface area contributed by atoms with Gasteiger partial charge in [-0.25, -0.2) is 0 Å². The summed E-state index contributed by atoms with van der Waals surface area (Å²) in [5.41, 5.74) is 10.3. The number of aromatic nitrogens is 1. The van der Waals surface area contributed by atoms with Gasteiger partial charge in [-0.15, -0.1) is 0 Å². The Morgan fingerprint density at radius 2 is 2.25 bits per heavy atom. The third-order valence-corrected chi connectivity index (χ3v) is 4.11. The Morgan fingerprint density at radius 3 is 3.06 bits per heavy atom. The molecule has 2 nitrogen and oxygen atoms in total. The summed E-state index contributed by atoms with van der Waals surface area (Å²) >= 11 is 3.54. The van der Waals surface area contributed by atoms with Crippen molar-refractivity contribution in [1.82, 2.24) is 4.57 Å². The fourth-order valence-corrected chi connectivity index (χ4v) is 3.14. The lowest BCUT2D eigenvalue weighted by Crippen LogP contribution is -2.28. The Bertz CT molecular complexity index is 557. The van der Waals surface area contributed by atoms with E-state index in [0.29, 0.717) is 6.04 Å². The van der Waals surface area contributed by atoms with Crippen molar-refractivity contribution in [2.45, 2.75) is 25.3 Å². The highest BCUT2D eigenvalue weighted by atomic mass is 79.9. The van der Waals surface area contributed by atoms with E-state index in [1.54, 1.807) is 0 Å². The third-order valence-electron chi connectivity index (χ3n) is 3.62. The fraction of sp³-hybridized carbons (Fsp3) is 0.385. The van der Waals surface area contributed by atoms with E-state index in [1.165, 1.54) is 22.2 Å². The van der Waals surface area contributed by atoms with Crippen LogP contribution in [-0.4, -0.2) is 10.6 Å². The highest BCUT2D eigenvalue weighted by Crippen LogP contribution is 2.32. The zero-order valence-electron chi connectivity index (χ0n) is 9.33. The number of aryl methyl sites for hydroxylation is 1. The van der Waals surface area contributed by atoms with Crippen LogP contribution in [0.2, 0.25) is 0 Å². The maximum Gasteiger partial charge on any atom is 0.0483 e. The molecule has 0 spiro atoms. The Morgan fingerprint density at radius 1 is 1.44 bits per heavy atom. The van der Waals surface area contributed by atoms with Crippen LogP contribution < -0.4 is 5.73 Å². The molecule has 3 rings (SSSR count). The number of hydrogen-bond acceptors (Lipinski definition) is 1. The summed E-state index contributed by atoms with van der Waals surface area (Å²) in [5, 5.41) is 1.36. The predicted molar refractivity (Wildman–Crippen MR) is 70.6 cm³/mol. The van der Waals surface area contributed by atoms with Gasteiger partial charge in [0.15, 0.2) is 0 Å². The molecule has 0 radical (unpaired) electrons. The van der Waals surface area contributed by atoms with Crippen LogP contribution >= 0.6 is 15.9 Å². The molecule has 1 unspecified atom stereocenters. The molecule has 1 aromatic heterocycles. The van der Waals surface area contributed by atoms with E-state index < -0.39 is 0 Å². The van der Waals surface area contributed by atoms with Crippen LogP contribution in [-0.2, 0) is 19.9 Å². The van der Waals surface area contributed by atoms with E-state index in [1.807, 2.05) is 0 Å². The summed E-state index contributed by atoms with van der Waals surface area (Å²) in [6.45, 7) is 0. The predicted octanol–water partition coefficient (Wildman–Crippen LogP) is 2.76. The molecule has 2 aromatic rings. The molecule has 0 saturated heterocycles. The zero-order valence-corrected chi connectivity index (χ0v) is 10.9. The van der Waals surface area contributed by atoms with E-state index in [4.69, 9.17) is 5.73 Å². The molecule has 84 valence electrons. The molecule has 3 heteroatoms. The second-order valence-corrected chi connectivity index (χ2v) is 5.56. The average Bonchev–Trinajstić information content (AvgIpc) is 2.52. The van der Waals surface area contributed by atoms with Crippen molar-refractivity contribution in [3.8, 4) is 0 Å². The first-order chi connectivity index (χ1) is 7.66. The van der Waals surface area contributed by atoms with Gasteiger partial charge in [0.05, 0.1) is 0 Å². The Balaban J connectivity index is 2.33. The molecule has 0 fully saturated rings. The maximum absolute atomic E-state index is 6.07. The van der Waals surface area contributed by atoms with Crippen LogP contribution in [0.5, 0.6) is 0 Å². The molecule has 1 heterocycles. The van der Waals surface area contributed by atoms with Gasteiger partial charge in [-0.1, -0.05) is 15.9 Å². The molecule has 1 aromatic carbocycles. The van der Waals surface area contributed by atoms with Gasteiger partial charge in [0.1, 0.15) is 0 Å². The lowest BCUT2D eigenvalue weighted by molar-refractivity contribution is 0.562. The minimum Gasteiger partial charge on any atom is -0.347 e. The number of halogens is 1. The number of rotatable bonds is 0. The highest BCUT2D eigenvalue weighted by molar-refractivity contribution is 9.10. The Labute approximate surface area is 104 Å². The van der Waals surface area contributed by atoms with Crippen LogP contribution in [0.3, 0.4) is 0 Å². The third kappa shape index (κ3) is 1.42. The molecular formula is C13H15BrN2. The monoisotopic (exact) mass is 278 g/mol. The summed E-state index contributed by atoms with van der Waals surface area (Å²) in [6, 6.07) is 6.83. The van der Waals surface area contributed by atoms with E-state index in [2.05, 4.69) is 45.7 Å². The van der Waals surface area contributed by atoms with Gasteiger partial charge in [-0.2, -0.15) is 0 Å². The number of nitrogens with two attached hydrogens (primary N) is 1. The van der Waals surface area contributed by atoms with Crippen LogP contribution in [0, 0.1) is 0 Å². The SMILES string of the molecule is Cn1c2c(c3cc(Br)ccc31)CC(N)CC2. The van der Waals surface area contributed by atoms with E-state index in [-0.39, 0.29) is 0 Å². The lowest BCUT2D eigenvalue weighted by atomic mass is 9.92. The molecule has 1 aliphatic carbocycles. The van der Waals surface area contributed by atoms with Crippen molar-refractivity contribution >= 4 is 26.8 Å². The van der Waals surface area contributed by atoms with Gasteiger partial charge in [0, 0.05) is 34.2 Å². The Hall–Kier alpha value is -0.800. The Kier molecular flexibility index (Phi) is 2.33. The average molecular weight is 279 g/mol. The minimum atomic E-state index is 0.331. The molecule has 2 N–H and O–H groups in total. The first kappa shape index (κ1) is 10.4. The van der Waals surface area contributed by atoms with Gasteiger partial charge in [-0.05, 0) is 43.0 Å². The molecule has 1 aliphatic rings. The highest BCUT2D eigenvalue weighted by Gasteiger charge is 2.22. The van der Waals surface area contributed by atoms with Crippen molar-refractivity contribution in [1.29, 1.82) is 0 Å². The van der Waals surface area contributed by atoms with Gasteiger partial charge < -0.3 is 10.3 Å². The van der Waals surface area contributed by atoms with Crippen molar-refractivity contribution < 1.29 is 0 Å². The first-order valence-corrected chi connectivity index (χ1v) is 6.47. The van der Waals surface area contributed by atoms with Crippen molar-refractivity contribution in [3.63, 3.8) is 0 Å². The van der Waals surface area contributed by atoms with E-state index in [9.17, 15) is 0 Å². The maximum atomic E-state index is 6.07. The minimum absolute atomic E-state index is 0.331. The number of fused-ring (bicyclic) bond motifs is 3. The van der Waals surface area contributed by atoms with Gasteiger partial charge in [-0.3, -0.25) is 0 Å². The number of benzene rings is 1. The molecule has 0 amide bonds. The molecule has 0 saturated carbocycles. The summed E-state index contributed by atoms with van der Waals surface area (Å²) in [7, 11) is 2.16. The first-order valence-electron chi connectivity index (χ1n) is 5.68.